The SMILES string of the molecule is Fc1ccc(CNc2cnn(-c3ccccc3)c2)cc1. The summed E-state index contributed by atoms with van der Waals surface area (Å²) >= 11 is 0. The van der Waals surface area contributed by atoms with Crippen LogP contribution < -0.4 is 5.32 Å². The summed E-state index contributed by atoms with van der Waals surface area (Å²) in [6, 6.07) is 16.4. The van der Waals surface area contributed by atoms with Crippen LogP contribution in [0.4, 0.5) is 10.1 Å². The van der Waals surface area contributed by atoms with Gasteiger partial charge in [-0.05, 0) is 29.8 Å². The number of nitrogens with one attached hydrogen (secondary N) is 1. The van der Waals surface area contributed by atoms with Crippen molar-refractivity contribution in [2.75, 3.05) is 5.32 Å². The summed E-state index contributed by atoms with van der Waals surface area (Å²) in [5.74, 6) is -0.217. The molecule has 0 radical (unpaired) electrons. The van der Waals surface area contributed by atoms with Crippen LogP contribution in [0.15, 0.2) is 67.0 Å². The lowest BCUT2D eigenvalue weighted by molar-refractivity contribution is 0.627. The molecule has 0 bridgehead atoms. The zero-order valence-electron chi connectivity index (χ0n) is 10.8. The standard InChI is InChI=1S/C16H14FN3/c17-14-8-6-13(7-9-14)10-18-15-11-19-20(12-15)16-4-2-1-3-5-16/h1-9,11-12,18H,10H2. The van der Waals surface area contributed by atoms with E-state index in [4.69, 9.17) is 0 Å². The number of halogens is 1. The quantitative estimate of drug-likeness (QED) is 0.782. The second kappa shape index (κ2) is 5.57. The Morgan fingerprint density at radius 2 is 1.75 bits per heavy atom. The minimum Gasteiger partial charge on any atom is -0.378 e. The van der Waals surface area contributed by atoms with Crippen molar-refractivity contribution in [3.8, 4) is 5.69 Å². The summed E-state index contributed by atoms with van der Waals surface area (Å²) < 4.78 is 14.6. The number of benzene rings is 2. The first-order chi connectivity index (χ1) is 9.81. The van der Waals surface area contributed by atoms with Gasteiger partial charge in [0.15, 0.2) is 0 Å². The lowest BCUT2D eigenvalue weighted by Crippen LogP contribution is -1.98. The van der Waals surface area contributed by atoms with E-state index < -0.39 is 0 Å². The van der Waals surface area contributed by atoms with Crippen LogP contribution in [0.3, 0.4) is 0 Å². The average molecular weight is 267 g/mol. The van der Waals surface area contributed by atoms with Gasteiger partial charge in [-0.25, -0.2) is 9.07 Å². The highest BCUT2D eigenvalue weighted by Gasteiger charge is 2.00. The van der Waals surface area contributed by atoms with Crippen LogP contribution in [-0.2, 0) is 6.54 Å². The lowest BCUT2D eigenvalue weighted by atomic mass is 10.2. The Bertz CT molecular complexity index is 674. The molecule has 0 spiro atoms. The molecule has 3 rings (SSSR count). The van der Waals surface area contributed by atoms with Crippen molar-refractivity contribution >= 4 is 5.69 Å². The predicted octanol–water partition coefficient (Wildman–Crippen LogP) is 3.62. The molecule has 1 aromatic heterocycles. The molecular weight excluding hydrogens is 253 g/mol. The van der Waals surface area contributed by atoms with Crippen molar-refractivity contribution in [3.05, 3.63) is 78.4 Å². The first kappa shape index (κ1) is 12.4. The van der Waals surface area contributed by atoms with Crippen LogP contribution in [0.2, 0.25) is 0 Å². The highest BCUT2D eigenvalue weighted by Crippen LogP contribution is 2.12. The molecule has 0 fully saturated rings. The molecule has 2 aromatic carbocycles. The van der Waals surface area contributed by atoms with Crippen LogP contribution in [-0.4, -0.2) is 9.78 Å². The van der Waals surface area contributed by atoms with Gasteiger partial charge in [-0.2, -0.15) is 5.10 Å². The molecule has 0 saturated carbocycles. The maximum atomic E-state index is 12.8. The van der Waals surface area contributed by atoms with Crippen molar-refractivity contribution in [2.45, 2.75) is 6.54 Å². The third-order valence-electron chi connectivity index (χ3n) is 3.01. The highest BCUT2D eigenvalue weighted by atomic mass is 19.1. The number of anilines is 1. The molecule has 1 N–H and O–H groups in total. The lowest BCUT2D eigenvalue weighted by Gasteiger charge is -2.03. The molecule has 0 aliphatic heterocycles. The summed E-state index contributed by atoms with van der Waals surface area (Å²) in [7, 11) is 0. The molecule has 3 nitrogen and oxygen atoms in total. The Kier molecular flexibility index (Phi) is 3.46. The second-order valence-electron chi connectivity index (χ2n) is 4.49. The zero-order chi connectivity index (χ0) is 13.8. The number of rotatable bonds is 4. The minimum atomic E-state index is -0.217. The molecule has 0 saturated heterocycles. The van der Waals surface area contributed by atoms with Crippen LogP contribution >= 0.6 is 0 Å². The summed E-state index contributed by atoms with van der Waals surface area (Å²) in [5.41, 5.74) is 2.97. The molecule has 1 heterocycles. The number of para-hydroxylation sites is 1. The minimum absolute atomic E-state index is 0.217. The average Bonchev–Trinajstić information content (AvgIpc) is 2.97. The van der Waals surface area contributed by atoms with Crippen LogP contribution in [0.5, 0.6) is 0 Å². The molecular formula is C16H14FN3. The van der Waals surface area contributed by atoms with Gasteiger partial charge < -0.3 is 5.32 Å². The van der Waals surface area contributed by atoms with Gasteiger partial charge in [-0.1, -0.05) is 30.3 Å². The molecule has 20 heavy (non-hydrogen) atoms. The number of hydrogen-bond acceptors (Lipinski definition) is 2. The van der Waals surface area contributed by atoms with Crippen molar-refractivity contribution in [1.29, 1.82) is 0 Å². The molecule has 4 heteroatoms. The molecule has 0 atom stereocenters. The van der Waals surface area contributed by atoms with E-state index in [0.717, 1.165) is 16.9 Å². The van der Waals surface area contributed by atoms with Gasteiger partial charge in [0.2, 0.25) is 0 Å². The van der Waals surface area contributed by atoms with Gasteiger partial charge in [0.25, 0.3) is 0 Å². The summed E-state index contributed by atoms with van der Waals surface area (Å²) in [5, 5.41) is 7.57. The summed E-state index contributed by atoms with van der Waals surface area (Å²) in [4.78, 5) is 0. The van der Waals surface area contributed by atoms with E-state index in [-0.39, 0.29) is 5.82 Å². The Morgan fingerprint density at radius 3 is 2.50 bits per heavy atom. The molecule has 3 aromatic rings. The third kappa shape index (κ3) is 2.85. The molecule has 0 unspecified atom stereocenters. The van der Waals surface area contributed by atoms with E-state index in [1.54, 1.807) is 18.3 Å². The van der Waals surface area contributed by atoms with Crippen molar-refractivity contribution in [2.24, 2.45) is 0 Å². The maximum Gasteiger partial charge on any atom is 0.123 e. The largest absolute Gasteiger partial charge is 0.378 e. The monoisotopic (exact) mass is 267 g/mol. The van der Waals surface area contributed by atoms with E-state index in [1.807, 2.05) is 41.2 Å². The Labute approximate surface area is 116 Å². The summed E-state index contributed by atoms with van der Waals surface area (Å²) in [6.45, 7) is 0.640. The highest BCUT2D eigenvalue weighted by molar-refractivity contribution is 5.42. The molecule has 100 valence electrons. The van der Waals surface area contributed by atoms with Gasteiger partial charge in [-0.15, -0.1) is 0 Å². The molecule has 0 amide bonds. The van der Waals surface area contributed by atoms with Gasteiger partial charge in [0.05, 0.1) is 23.8 Å². The van der Waals surface area contributed by atoms with E-state index in [2.05, 4.69) is 10.4 Å². The van der Waals surface area contributed by atoms with E-state index in [9.17, 15) is 4.39 Å². The third-order valence-corrected chi connectivity index (χ3v) is 3.01. The smallest absolute Gasteiger partial charge is 0.123 e. The zero-order valence-corrected chi connectivity index (χ0v) is 10.8. The van der Waals surface area contributed by atoms with Crippen molar-refractivity contribution in [1.82, 2.24) is 9.78 Å². The first-order valence-electron chi connectivity index (χ1n) is 6.40. The number of nitrogens with zero attached hydrogens (tertiary/aromatic N) is 2. The van der Waals surface area contributed by atoms with E-state index in [0.29, 0.717) is 6.54 Å². The van der Waals surface area contributed by atoms with Gasteiger partial charge >= 0.3 is 0 Å². The number of aromatic nitrogens is 2. The topological polar surface area (TPSA) is 29.9 Å². The predicted molar refractivity (Wildman–Crippen MR) is 77.3 cm³/mol. The maximum absolute atomic E-state index is 12.8. The van der Waals surface area contributed by atoms with Gasteiger partial charge in [0, 0.05) is 6.54 Å². The van der Waals surface area contributed by atoms with E-state index in [1.165, 1.54) is 12.1 Å². The molecule has 0 aliphatic carbocycles. The Balaban J connectivity index is 1.67. The van der Waals surface area contributed by atoms with Crippen LogP contribution in [0, 0.1) is 5.82 Å². The second-order valence-corrected chi connectivity index (χ2v) is 4.49. The van der Waals surface area contributed by atoms with Gasteiger partial charge in [0.1, 0.15) is 5.82 Å². The fourth-order valence-electron chi connectivity index (χ4n) is 1.94. The Hall–Kier alpha value is -2.62. The van der Waals surface area contributed by atoms with Gasteiger partial charge in [-0.3, -0.25) is 0 Å². The first-order valence-corrected chi connectivity index (χ1v) is 6.40. The Morgan fingerprint density at radius 1 is 1.00 bits per heavy atom. The van der Waals surface area contributed by atoms with Crippen LogP contribution in [0.25, 0.3) is 5.69 Å². The summed E-state index contributed by atoms with van der Waals surface area (Å²) in [6.07, 6.45) is 3.70. The van der Waals surface area contributed by atoms with Crippen molar-refractivity contribution < 1.29 is 4.39 Å². The molecule has 0 aliphatic rings. The normalized spacial score (nSPS) is 10.4. The van der Waals surface area contributed by atoms with Crippen LogP contribution in [0.1, 0.15) is 5.56 Å². The fraction of sp³-hybridized carbons (Fsp3) is 0.0625. The fourth-order valence-corrected chi connectivity index (χ4v) is 1.94. The van der Waals surface area contributed by atoms with Crippen molar-refractivity contribution in [3.63, 3.8) is 0 Å². The van der Waals surface area contributed by atoms with E-state index >= 15 is 0 Å². The number of hydrogen-bond donors (Lipinski definition) is 1.